The SMILES string of the molecule is O=C(CCn1c(=O)n(CCC(=O)Oc2ccc(Cc3ccccc3)cc2)c(=O)n(CCC(=O)Oc2ccc(Cc3ccccc3)cc2)c1=O)Oc1ccc(Cc2ccccc2)cc1. The minimum absolute atomic E-state index is 0.278. The lowest BCUT2D eigenvalue weighted by molar-refractivity contribution is -0.135. The maximum Gasteiger partial charge on any atom is 0.336 e. The van der Waals surface area contributed by atoms with Crippen LogP contribution in [0.4, 0.5) is 0 Å². The van der Waals surface area contributed by atoms with E-state index in [1.54, 1.807) is 36.4 Å². The van der Waals surface area contributed by atoms with Gasteiger partial charge in [0.05, 0.1) is 19.3 Å². The number of ether oxygens (including phenoxy) is 3. The van der Waals surface area contributed by atoms with Crippen molar-refractivity contribution in [2.75, 3.05) is 0 Å². The highest BCUT2D eigenvalue weighted by Gasteiger charge is 2.20. The predicted octanol–water partition coefficient (Wildman–Crippen LogP) is 6.93. The van der Waals surface area contributed by atoms with Crippen LogP contribution in [0.25, 0.3) is 0 Å². The van der Waals surface area contributed by atoms with Crippen LogP contribution in [-0.2, 0) is 53.3 Å². The largest absolute Gasteiger partial charge is 0.426 e. The molecule has 7 aromatic rings. The van der Waals surface area contributed by atoms with Gasteiger partial charge in [0.2, 0.25) is 0 Å². The number of esters is 3. The molecule has 0 bridgehead atoms. The summed E-state index contributed by atoms with van der Waals surface area (Å²) in [4.78, 5) is 80.1. The van der Waals surface area contributed by atoms with Gasteiger partial charge in [-0.3, -0.25) is 14.4 Å². The van der Waals surface area contributed by atoms with Gasteiger partial charge >= 0.3 is 35.0 Å². The third-order valence-corrected chi connectivity index (χ3v) is 10.2. The second kappa shape index (κ2) is 21.1. The third-order valence-electron chi connectivity index (χ3n) is 10.2. The first kappa shape index (κ1) is 43.2. The van der Waals surface area contributed by atoms with Crippen molar-refractivity contribution in [1.29, 1.82) is 0 Å². The fourth-order valence-corrected chi connectivity index (χ4v) is 6.93. The lowest BCUT2D eigenvalue weighted by Gasteiger charge is -2.14. The number of benzene rings is 6. The minimum Gasteiger partial charge on any atom is -0.426 e. The van der Waals surface area contributed by atoms with Crippen LogP contribution in [0.3, 0.4) is 0 Å². The fraction of sp³-hybridized carbons (Fsp3) is 0.176. The number of hydrogen-bond acceptors (Lipinski definition) is 9. The standard InChI is InChI=1S/C51H45N3O9/c55-46(61-43-22-16-40(17-23-43)34-37-10-4-1-5-11-37)28-31-52-49(58)53(32-29-47(56)62-44-24-18-41(19-25-44)35-38-12-6-2-7-13-38)51(60)54(50(52)59)33-30-48(57)63-45-26-20-42(21-27-45)36-39-14-8-3-9-15-39/h1-27H,28-36H2. The second-order valence-corrected chi connectivity index (χ2v) is 14.9. The predicted molar refractivity (Wildman–Crippen MR) is 237 cm³/mol. The van der Waals surface area contributed by atoms with Crippen molar-refractivity contribution in [3.63, 3.8) is 0 Å². The average molecular weight is 844 g/mol. The molecule has 0 unspecified atom stereocenters. The zero-order valence-corrected chi connectivity index (χ0v) is 34.5. The van der Waals surface area contributed by atoms with Crippen molar-refractivity contribution in [3.05, 3.63) is 229 Å². The highest BCUT2D eigenvalue weighted by atomic mass is 16.5. The molecule has 318 valence electrons. The van der Waals surface area contributed by atoms with Gasteiger partial charge in [-0.25, -0.2) is 28.1 Å². The molecule has 0 atom stereocenters. The van der Waals surface area contributed by atoms with Gasteiger partial charge < -0.3 is 14.2 Å². The Labute approximate surface area is 363 Å². The maximum atomic E-state index is 13.7. The Hall–Kier alpha value is -7.86. The summed E-state index contributed by atoms with van der Waals surface area (Å²) in [5, 5.41) is 0. The Bertz CT molecular complexity index is 2480. The van der Waals surface area contributed by atoms with E-state index in [-0.39, 0.29) is 17.2 Å². The van der Waals surface area contributed by atoms with Gasteiger partial charge in [-0.2, -0.15) is 0 Å². The van der Waals surface area contributed by atoms with Crippen LogP contribution in [0.1, 0.15) is 52.6 Å². The van der Waals surface area contributed by atoms with Gasteiger partial charge in [0, 0.05) is 19.6 Å². The highest BCUT2D eigenvalue weighted by molar-refractivity contribution is 5.73. The molecule has 63 heavy (non-hydrogen) atoms. The molecular weight excluding hydrogens is 799 g/mol. The average Bonchev–Trinajstić information content (AvgIpc) is 3.29. The van der Waals surface area contributed by atoms with Crippen LogP contribution >= 0.6 is 0 Å². The number of rotatable bonds is 18. The van der Waals surface area contributed by atoms with E-state index in [9.17, 15) is 28.8 Å². The Morgan fingerprint density at radius 1 is 0.317 bits per heavy atom. The van der Waals surface area contributed by atoms with Gasteiger partial charge in [-0.15, -0.1) is 0 Å². The Morgan fingerprint density at radius 2 is 0.540 bits per heavy atom. The number of aromatic nitrogens is 3. The minimum atomic E-state index is -1.03. The molecule has 1 heterocycles. The van der Waals surface area contributed by atoms with Crippen LogP contribution in [-0.4, -0.2) is 31.6 Å². The van der Waals surface area contributed by atoms with Gasteiger partial charge in [0.1, 0.15) is 17.2 Å². The summed E-state index contributed by atoms with van der Waals surface area (Å²) in [5.74, 6) is -1.34. The molecule has 12 heteroatoms. The molecule has 0 fully saturated rings. The first-order chi connectivity index (χ1) is 30.7. The highest BCUT2D eigenvalue weighted by Crippen LogP contribution is 2.19. The summed E-state index contributed by atoms with van der Waals surface area (Å²) < 4.78 is 18.7. The van der Waals surface area contributed by atoms with Crippen molar-refractivity contribution in [1.82, 2.24) is 13.7 Å². The summed E-state index contributed by atoms with van der Waals surface area (Å²) in [6.45, 7) is -1.33. The first-order valence-corrected chi connectivity index (χ1v) is 20.6. The van der Waals surface area contributed by atoms with Crippen molar-refractivity contribution in [2.45, 2.75) is 58.2 Å². The molecule has 0 amide bonds. The summed E-state index contributed by atoms with van der Waals surface area (Å²) in [6, 6.07) is 50.7. The Balaban J connectivity index is 1.02. The van der Waals surface area contributed by atoms with E-state index in [4.69, 9.17) is 14.2 Å². The van der Waals surface area contributed by atoms with E-state index in [2.05, 4.69) is 0 Å². The monoisotopic (exact) mass is 843 g/mol. The van der Waals surface area contributed by atoms with Crippen molar-refractivity contribution in [3.8, 4) is 17.2 Å². The Kier molecular flexibility index (Phi) is 14.5. The zero-order valence-electron chi connectivity index (χ0n) is 34.5. The van der Waals surface area contributed by atoms with E-state index in [0.717, 1.165) is 47.1 Å². The molecule has 0 saturated carbocycles. The van der Waals surface area contributed by atoms with E-state index in [0.29, 0.717) is 19.3 Å². The summed E-state index contributed by atoms with van der Waals surface area (Å²) >= 11 is 0. The molecule has 0 aliphatic rings. The second-order valence-electron chi connectivity index (χ2n) is 14.9. The lowest BCUT2D eigenvalue weighted by atomic mass is 10.1. The summed E-state index contributed by atoms with van der Waals surface area (Å²) in [6.07, 6.45) is 0.886. The molecular formula is C51H45N3O9. The van der Waals surface area contributed by atoms with E-state index >= 15 is 0 Å². The number of hydrogen-bond donors (Lipinski definition) is 0. The van der Waals surface area contributed by atoms with E-state index in [1.807, 2.05) is 127 Å². The van der Waals surface area contributed by atoms with E-state index in [1.165, 1.54) is 0 Å². The van der Waals surface area contributed by atoms with Crippen molar-refractivity contribution >= 4 is 17.9 Å². The molecule has 0 N–H and O–H groups in total. The fourth-order valence-electron chi connectivity index (χ4n) is 6.93. The van der Waals surface area contributed by atoms with Crippen LogP contribution < -0.4 is 31.3 Å². The van der Waals surface area contributed by atoms with E-state index < -0.39 is 73.9 Å². The lowest BCUT2D eigenvalue weighted by Crippen LogP contribution is -2.55. The molecule has 0 spiro atoms. The number of carbonyl (C=O) groups excluding carboxylic acids is 3. The van der Waals surface area contributed by atoms with Crippen LogP contribution in [0.15, 0.2) is 178 Å². The first-order valence-electron chi connectivity index (χ1n) is 20.6. The normalized spacial score (nSPS) is 10.9. The Morgan fingerprint density at radius 3 is 0.778 bits per heavy atom. The molecule has 6 aromatic carbocycles. The van der Waals surface area contributed by atoms with Gasteiger partial charge in [-0.1, -0.05) is 127 Å². The topological polar surface area (TPSA) is 145 Å². The molecule has 7 rings (SSSR count). The molecule has 12 nitrogen and oxygen atoms in total. The van der Waals surface area contributed by atoms with Crippen molar-refractivity contribution < 1.29 is 28.6 Å². The smallest absolute Gasteiger partial charge is 0.336 e. The van der Waals surface area contributed by atoms with Gasteiger partial charge in [0.25, 0.3) is 0 Å². The third kappa shape index (κ3) is 12.4. The number of carbonyl (C=O) groups is 3. The molecule has 0 aliphatic heterocycles. The maximum absolute atomic E-state index is 13.7. The van der Waals surface area contributed by atoms with Crippen LogP contribution in [0, 0.1) is 0 Å². The summed E-state index contributed by atoms with van der Waals surface area (Å²) in [5.41, 5.74) is 3.32. The molecule has 0 saturated heterocycles. The van der Waals surface area contributed by atoms with Crippen molar-refractivity contribution in [2.24, 2.45) is 0 Å². The molecule has 1 aromatic heterocycles. The zero-order chi connectivity index (χ0) is 44.0. The van der Waals surface area contributed by atoms with Gasteiger partial charge in [-0.05, 0) is 89.0 Å². The number of nitrogens with zero attached hydrogens (tertiary/aromatic N) is 3. The van der Waals surface area contributed by atoms with Crippen LogP contribution in [0.2, 0.25) is 0 Å². The molecule has 0 radical (unpaired) electrons. The summed E-state index contributed by atoms with van der Waals surface area (Å²) in [7, 11) is 0. The molecule has 0 aliphatic carbocycles. The van der Waals surface area contributed by atoms with Crippen LogP contribution in [0.5, 0.6) is 17.2 Å². The quantitative estimate of drug-likeness (QED) is 0.0664. The van der Waals surface area contributed by atoms with Gasteiger partial charge in [0.15, 0.2) is 0 Å².